The van der Waals surface area contributed by atoms with Gasteiger partial charge in [-0.2, -0.15) is 5.10 Å². The largest absolute Gasteiger partial charge is 0.383 e. The van der Waals surface area contributed by atoms with E-state index in [-0.39, 0.29) is 11.9 Å². The summed E-state index contributed by atoms with van der Waals surface area (Å²) in [5.41, 5.74) is 1.72. The third-order valence-corrected chi connectivity index (χ3v) is 4.08. The molecule has 1 unspecified atom stereocenters. The highest BCUT2D eigenvalue weighted by Gasteiger charge is 2.21. The van der Waals surface area contributed by atoms with Gasteiger partial charge in [0.1, 0.15) is 5.82 Å². The summed E-state index contributed by atoms with van der Waals surface area (Å²) < 4.78 is 20.7. The van der Waals surface area contributed by atoms with Crippen molar-refractivity contribution in [2.45, 2.75) is 12.6 Å². The van der Waals surface area contributed by atoms with E-state index >= 15 is 0 Å². The molecule has 0 radical (unpaired) electrons. The minimum atomic E-state index is -0.299. The maximum atomic E-state index is 13.4. The number of hydrogen-bond donors (Lipinski definition) is 1. The summed E-state index contributed by atoms with van der Waals surface area (Å²) in [6, 6.07) is 4.70. The number of methoxy groups -OCH3 is 1. The lowest BCUT2D eigenvalue weighted by molar-refractivity contribution is 0.182. The van der Waals surface area contributed by atoms with Crippen LogP contribution in [0, 0.1) is 5.82 Å². The van der Waals surface area contributed by atoms with Gasteiger partial charge in [-0.25, -0.2) is 4.39 Å². The molecule has 0 aliphatic carbocycles. The third-order valence-electron chi connectivity index (χ3n) is 3.18. The molecule has 0 amide bonds. The standard InChI is InChI=1S/C14H16BrClFN3O/c1-18-13(9-3-4-12(17)10(15)7-9)14-11(16)8-19-20(14)5-6-21-2/h3-4,7-8,13,18H,5-6H2,1-2H3. The van der Waals surface area contributed by atoms with Crippen molar-refractivity contribution in [2.75, 3.05) is 20.8 Å². The monoisotopic (exact) mass is 375 g/mol. The molecule has 1 heterocycles. The topological polar surface area (TPSA) is 39.1 Å². The van der Waals surface area contributed by atoms with Gasteiger partial charge in [0.25, 0.3) is 0 Å². The van der Waals surface area contributed by atoms with Crippen molar-refractivity contribution in [1.29, 1.82) is 0 Å². The lowest BCUT2D eigenvalue weighted by atomic mass is 10.0. The quantitative estimate of drug-likeness (QED) is 0.840. The zero-order valence-electron chi connectivity index (χ0n) is 11.7. The van der Waals surface area contributed by atoms with Crippen LogP contribution < -0.4 is 5.32 Å². The normalized spacial score (nSPS) is 12.6. The van der Waals surface area contributed by atoms with Crippen LogP contribution in [0.4, 0.5) is 4.39 Å². The Hall–Kier alpha value is -0.950. The number of nitrogens with zero attached hydrogens (tertiary/aromatic N) is 2. The molecular formula is C14H16BrClFN3O. The number of ether oxygens (including phenoxy) is 1. The zero-order chi connectivity index (χ0) is 15.4. The highest BCUT2D eigenvalue weighted by molar-refractivity contribution is 9.10. The van der Waals surface area contributed by atoms with Crippen molar-refractivity contribution in [2.24, 2.45) is 0 Å². The van der Waals surface area contributed by atoms with Crippen molar-refractivity contribution in [1.82, 2.24) is 15.1 Å². The van der Waals surface area contributed by atoms with Crippen LogP contribution in [0.5, 0.6) is 0 Å². The van der Waals surface area contributed by atoms with Crippen molar-refractivity contribution in [3.8, 4) is 0 Å². The number of nitrogens with one attached hydrogen (secondary N) is 1. The molecule has 114 valence electrons. The van der Waals surface area contributed by atoms with Crippen LogP contribution in [-0.2, 0) is 11.3 Å². The fraction of sp³-hybridized carbons (Fsp3) is 0.357. The van der Waals surface area contributed by atoms with Crippen molar-refractivity contribution >= 4 is 27.5 Å². The summed E-state index contributed by atoms with van der Waals surface area (Å²) in [5, 5.41) is 8.02. The summed E-state index contributed by atoms with van der Waals surface area (Å²) >= 11 is 9.48. The second kappa shape index (κ2) is 7.35. The maximum absolute atomic E-state index is 13.4. The summed E-state index contributed by atoms with van der Waals surface area (Å²) in [6.45, 7) is 1.13. The third kappa shape index (κ3) is 3.63. The van der Waals surface area contributed by atoms with Crippen LogP contribution in [-0.4, -0.2) is 30.5 Å². The molecule has 0 saturated heterocycles. The predicted molar refractivity (Wildman–Crippen MR) is 84.1 cm³/mol. The van der Waals surface area contributed by atoms with E-state index in [2.05, 4.69) is 26.3 Å². The van der Waals surface area contributed by atoms with Gasteiger partial charge < -0.3 is 10.1 Å². The van der Waals surface area contributed by atoms with Crippen LogP contribution in [0.15, 0.2) is 28.9 Å². The zero-order valence-corrected chi connectivity index (χ0v) is 14.1. The van der Waals surface area contributed by atoms with Gasteiger partial charge in [0, 0.05) is 7.11 Å². The Morgan fingerprint density at radius 2 is 2.29 bits per heavy atom. The molecule has 0 aliphatic heterocycles. The smallest absolute Gasteiger partial charge is 0.137 e. The van der Waals surface area contributed by atoms with E-state index in [1.807, 2.05) is 7.05 Å². The number of rotatable bonds is 6. The average molecular weight is 377 g/mol. The molecular weight excluding hydrogens is 361 g/mol. The molecule has 0 aliphatic rings. The lowest BCUT2D eigenvalue weighted by Crippen LogP contribution is -2.23. The molecule has 1 atom stereocenters. The van der Waals surface area contributed by atoms with Gasteiger partial charge in [-0.1, -0.05) is 17.7 Å². The summed E-state index contributed by atoms with van der Waals surface area (Å²) in [7, 11) is 3.46. The van der Waals surface area contributed by atoms with Gasteiger partial charge in [0.05, 0.1) is 40.6 Å². The molecule has 1 aromatic carbocycles. The molecule has 1 aromatic heterocycles. The number of aromatic nitrogens is 2. The van der Waals surface area contributed by atoms with Gasteiger partial charge in [0.15, 0.2) is 0 Å². The molecule has 4 nitrogen and oxygen atoms in total. The molecule has 1 N–H and O–H groups in total. The number of benzene rings is 1. The molecule has 2 rings (SSSR count). The Kier molecular flexibility index (Phi) is 5.75. The molecule has 21 heavy (non-hydrogen) atoms. The minimum Gasteiger partial charge on any atom is -0.383 e. The molecule has 2 aromatic rings. The second-order valence-electron chi connectivity index (χ2n) is 4.49. The summed E-state index contributed by atoms with van der Waals surface area (Å²) in [4.78, 5) is 0. The molecule has 0 spiro atoms. The van der Waals surface area contributed by atoms with E-state index in [0.29, 0.717) is 22.6 Å². The van der Waals surface area contributed by atoms with E-state index < -0.39 is 0 Å². The van der Waals surface area contributed by atoms with Gasteiger partial charge in [0.2, 0.25) is 0 Å². The van der Waals surface area contributed by atoms with E-state index in [1.54, 1.807) is 30.1 Å². The van der Waals surface area contributed by atoms with Crippen LogP contribution in [0.2, 0.25) is 5.02 Å². The lowest BCUT2D eigenvalue weighted by Gasteiger charge is -2.19. The first-order valence-corrected chi connectivity index (χ1v) is 7.58. The van der Waals surface area contributed by atoms with Gasteiger partial charge >= 0.3 is 0 Å². The van der Waals surface area contributed by atoms with Crippen LogP contribution in [0.1, 0.15) is 17.3 Å². The average Bonchev–Trinajstić information content (AvgIpc) is 2.83. The summed E-state index contributed by atoms with van der Waals surface area (Å²) in [6.07, 6.45) is 1.61. The Bertz CT molecular complexity index is 620. The van der Waals surface area contributed by atoms with Crippen LogP contribution in [0.25, 0.3) is 0 Å². The Morgan fingerprint density at radius 3 is 2.90 bits per heavy atom. The van der Waals surface area contributed by atoms with E-state index in [4.69, 9.17) is 16.3 Å². The van der Waals surface area contributed by atoms with E-state index in [1.165, 1.54) is 6.07 Å². The Balaban J connectivity index is 2.40. The Morgan fingerprint density at radius 1 is 1.52 bits per heavy atom. The molecule has 0 saturated carbocycles. The first-order chi connectivity index (χ1) is 10.1. The predicted octanol–water partition coefficient (Wildman–Crippen LogP) is 3.39. The van der Waals surface area contributed by atoms with Gasteiger partial charge in [-0.05, 0) is 40.7 Å². The minimum absolute atomic E-state index is 0.186. The van der Waals surface area contributed by atoms with Crippen LogP contribution >= 0.6 is 27.5 Å². The van der Waals surface area contributed by atoms with E-state index in [0.717, 1.165) is 11.3 Å². The van der Waals surface area contributed by atoms with Gasteiger partial charge in [-0.3, -0.25) is 4.68 Å². The fourth-order valence-corrected chi connectivity index (χ4v) is 2.81. The molecule has 0 bridgehead atoms. The summed E-state index contributed by atoms with van der Waals surface area (Å²) in [5.74, 6) is -0.299. The number of halogens is 3. The van der Waals surface area contributed by atoms with E-state index in [9.17, 15) is 4.39 Å². The Labute approximate surface area is 136 Å². The van der Waals surface area contributed by atoms with Crippen molar-refractivity contribution in [3.05, 3.63) is 51.0 Å². The van der Waals surface area contributed by atoms with Gasteiger partial charge in [-0.15, -0.1) is 0 Å². The number of hydrogen-bond acceptors (Lipinski definition) is 3. The van der Waals surface area contributed by atoms with Crippen molar-refractivity contribution < 1.29 is 9.13 Å². The highest BCUT2D eigenvalue weighted by Crippen LogP contribution is 2.30. The first-order valence-electron chi connectivity index (χ1n) is 6.40. The highest BCUT2D eigenvalue weighted by atomic mass is 79.9. The second-order valence-corrected chi connectivity index (χ2v) is 5.75. The first kappa shape index (κ1) is 16.4. The molecule has 0 fully saturated rings. The van der Waals surface area contributed by atoms with Crippen molar-refractivity contribution in [3.63, 3.8) is 0 Å². The maximum Gasteiger partial charge on any atom is 0.137 e. The fourth-order valence-electron chi connectivity index (χ4n) is 2.17. The van der Waals surface area contributed by atoms with Crippen LogP contribution in [0.3, 0.4) is 0 Å². The molecule has 7 heteroatoms. The SMILES string of the molecule is CNC(c1ccc(F)c(Br)c1)c1c(Cl)cnn1CCOC.